The van der Waals surface area contributed by atoms with Gasteiger partial charge in [0.05, 0.1) is 0 Å². The third kappa shape index (κ3) is 7.71. The summed E-state index contributed by atoms with van der Waals surface area (Å²) in [7, 11) is 0. The van der Waals surface area contributed by atoms with Crippen LogP contribution in [0.5, 0.6) is 0 Å². The van der Waals surface area contributed by atoms with Crippen molar-refractivity contribution in [3.8, 4) is 17.3 Å². The van der Waals surface area contributed by atoms with Gasteiger partial charge >= 0.3 is 0 Å². The molecule has 2 aromatic carbocycles. The van der Waals surface area contributed by atoms with Gasteiger partial charge in [0, 0.05) is 5.69 Å². The van der Waals surface area contributed by atoms with Gasteiger partial charge in [0.15, 0.2) is 0 Å². The molecule has 0 bridgehead atoms. The Balaban J connectivity index is 0.000000221. The number of aryl methyl sites for hydroxylation is 1. The molecule has 0 spiro atoms. The van der Waals surface area contributed by atoms with E-state index < -0.39 is 0 Å². The van der Waals surface area contributed by atoms with Gasteiger partial charge in [0.1, 0.15) is 11.6 Å². The molecule has 3 aromatic rings. The molecule has 0 aliphatic carbocycles. The number of aromatic nitrogens is 1. The molecule has 0 saturated heterocycles. The minimum absolute atomic E-state index is 0.180. The van der Waals surface area contributed by atoms with Gasteiger partial charge in [-0.15, -0.1) is 0 Å². The van der Waals surface area contributed by atoms with E-state index in [4.69, 9.17) is 10.7 Å². The molecular weight excluding hydrogens is 382 g/mol. The normalized spacial score (nSPS) is 11.0. The zero-order chi connectivity index (χ0) is 22.5. The molecule has 1 aromatic heterocycles. The Bertz CT molecular complexity index is 1030. The molecule has 3 rings (SSSR count). The molecule has 0 radical (unpaired) electrons. The van der Waals surface area contributed by atoms with Crippen LogP contribution in [0.25, 0.3) is 11.3 Å². The number of hydrogen-bond acceptors (Lipinski definition) is 3. The van der Waals surface area contributed by atoms with Crippen LogP contribution in [0, 0.1) is 29.6 Å². The second-order valence-electron chi connectivity index (χ2n) is 7.66. The molecule has 2 N–H and O–H groups in total. The molecule has 1 unspecified atom stereocenters. The fourth-order valence-electron chi connectivity index (χ4n) is 3.42. The third-order valence-corrected chi connectivity index (χ3v) is 5.18. The lowest BCUT2D eigenvalue weighted by molar-refractivity contribution is 0.567. The number of aromatic amines is 1. The number of benzene rings is 2. The Morgan fingerprint density at radius 2 is 1.71 bits per heavy atom. The Hall–Kier alpha value is -3.45. The van der Waals surface area contributed by atoms with Gasteiger partial charge in [-0.3, -0.25) is 4.79 Å². The van der Waals surface area contributed by atoms with Crippen LogP contribution in [0.1, 0.15) is 49.3 Å². The highest BCUT2D eigenvalue weighted by Crippen LogP contribution is 2.17. The standard InChI is InChI=1S/C14H21N.C13H10N2O/c1-2-3-5-10-14(12-15)11-13-8-6-4-7-9-13;1-9-7-12(10-5-3-2-4-6-10)15-13(16)11(9)8-14/h4,6-9,12,14-15H,2-3,5,10-11H2,1H3;2-7H,1H3,(H,15,16). The van der Waals surface area contributed by atoms with Gasteiger partial charge in [-0.05, 0) is 54.7 Å². The Kier molecular flexibility index (Phi) is 9.97. The van der Waals surface area contributed by atoms with E-state index in [0.717, 1.165) is 24.1 Å². The summed E-state index contributed by atoms with van der Waals surface area (Å²) in [5.74, 6) is 0.430. The van der Waals surface area contributed by atoms with Crippen molar-refractivity contribution in [2.45, 2.75) is 46.0 Å². The average molecular weight is 414 g/mol. The zero-order valence-electron chi connectivity index (χ0n) is 18.4. The lowest BCUT2D eigenvalue weighted by atomic mass is 9.95. The Morgan fingerprint density at radius 1 is 1.06 bits per heavy atom. The number of hydrogen-bond donors (Lipinski definition) is 2. The molecule has 0 fully saturated rings. The maximum absolute atomic E-state index is 11.6. The highest BCUT2D eigenvalue weighted by molar-refractivity contribution is 5.60. The van der Waals surface area contributed by atoms with E-state index >= 15 is 0 Å². The monoisotopic (exact) mass is 413 g/mol. The fourth-order valence-corrected chi connectivity index (χ4v) is 3.42. The molecule has 4 heteroatoms. The van der Waals surface area contributed by atoms with Crippen LogP contribution in [-0.4, -0.2) is 11.2 Å². The van der Waals surface area contributed by atoms with E-state index in [0.29, 0.717) is 11.5 Å². The van der Waals surface area contributed by atoms with Crippen LogP contribution in [0.4, 0.5) is 0 Å². The summed E-state index contributed by atoms with van der Waals surface area (Å²) in [6, 6.07) is 23.7. The van der Waals surface area contributed by atoms with Crippen molar-refractivity contribution in [2.75, 3.05) is 0 Å². The van der Waals surface area contributed by atoms with E-state index in [1.165, 1.54) is 24.8 Å². The lowest BCUT2D eigenvalue weighted by Crippen LogP contribution is -2.12. The largest absolute Gasteiger partial charge is 0.321 e. The van der Waals surface area contributed by atoms with E-state index in [1.54, 1.807) is 13.1 Å². The third-order valence-electron chi connectivity index (χ3n) is 5.18. The number of nitriles is 1. The number of rotatable bonds is 8. The summed E-state index contributed by atoms with van der Waals surface area (Å²) < 4.78 is 0. The lowest BCUT2D eigenvalue weighted by Gasteiger charge is -2.10. The molecule has 31 heavy (non-hydrogen) atoms. The fraction of sp³-hybridized carbons (Fsp3) is 0.296. The molecule has 0 amide bonds. The smallest absolute Gasteiger partial charge is 0.266 e. The van der Waals surface area contributed by atoms with Crippen LogP contribution in [0.2, 0.25) is 0 Å². The summed E-state index contributed by atoms with van der Waals surface area (Å²) in [6.45, 7) is 3.98. The predicted octanol–water partition coefficient (Wildman–Crippen LogP) is 6.30. The topological polar surface area (TPSA) is 80.5 Å². The summed E-state index contributed by atoms with van der Waals surface area (Å²) in [4.78, 5) is 14.3. The summed E-state index contributed by atoms with van der Waals surface area (Å²) in [6.07, 6.45) is 7.60. The van der Waals surface area contributed by atoms with Gasteiger partial charge < -0.3 is 10.4 Å². The minimum Gasteiger partial charge on any atom is -0.321 e. The van der Waals surface area contributed by atoms with Crippen molar-refractivity contribution < 1.29 is 0 Å². The van der Waals surface area contributed by atoms with E-state index in [2.05, 4.69) is 36.2 Å². The van der Waals surface area contributed by atoms with Gasteiger partial charge in [-0.25, -0.2) is 0 Å². The number of nitrogens with zero attached hydrogens (tertiary/aromatic N) is 1. The SMILES string of the molecule is CCCCCC(C=N)Cc1ccccc1.Cc1cc(-c2ccccc2)[nH]c(=O)c1C#N. The summed E-state index contributed by atoms with van der Waals surface area (Å²) in [5, 5.41) is 16.2. The first-order valence-electron chi connectivity index (χ1n) is 10.8. The zero-order valence-corrected chi connectivity index (χ0v) is 18.4. The van der Waals surface area contributed by atoms with Crippen molar-refractivity contribution in [1.82, 2.24) is 4.98 Å². The van der Waals surface area contributed by atoms with Gasteiger partial charge in [-0.2, -0.15) is 5.26 Å². The molecule has 4 nitrogen and oxygen atoms in total. The molecule has 1 atom stereocenters. The van der Waals surface area contributed by atoms with Crippen LogP contribution in [0.15, 0.2) is 71.5 Å². The molecule has 1 heterocycles. The second-order valence-corrected chi connectivity index (χ2v) is 7.66. The molecule has 0 aliphatic heterocycles. The van der Waals surface area contributed by atoms with Crippen molar-refractivity contribution in [1.29, 1.82) is 10.7 Å². The number of nitrogens with one attached hydrogen (secondary N) is 2. The first-order chi connectivity index (χ1) is 15.1. The molecule has 0 saturated carbocycles. The number of pyridine rings is 1. The maximum Gasteiger partial charge on any atom is 0.266 e. The van der Waals surface area contributed by atoms with Crippen molar-refractivity contribution >= 4 is 6.21 Å². The highest BCUT2D eigenvalue weighted by Gasteiger charge is 2.07. The first-order valence-corrected chi connectivity index (χ1v) is 10.8. The summed E-state index contributed by atoms with van der Waals surface area (Å²) in [5.41, 5.74) is 3.57. The second kappa shape index (κ2) is 13.0. The van der Waals surface area contributed by atoms with E-state index in [-0.39, 0.29) is 11.1 Å². The first kappa shape index (κ1) is 23.8. The maximum atomic E-state index is 11.6. The number of unbranched alkanes of at least 4 members (excludes halogenated alkanes) is 2. The molecule has 0 aliphatic rings. The Morgan fingerprint density at radius 3 is 2.26 bits per heavy atom. The predicted molar refractivity (Wildman–Crippen MR) is 129 cm³/mol. The van der Waals surface area contributed by atoms with Crippen LogP contribution in [0.3, 0.4) is 0 Å². The van der Waals surface area contributed by atoms with Gasteiger partial charge in [0.2, 0.25) is 0 Å². The van der Waals surface area contributed by atoms with Crippen LogP contribution in [-0.2, 0) is 6.42 Å². The highest BCUT2D eigenvalue weighted by atomic mass is 16.1. The molecular formula is C27H31N3O. The van der Waals surface area contributed by atoms with E-state index in [1.807, 2.05) is 48.5 Å². The van der Waals surface area contributed by atoms with E-state index in [9.17, 15) is 4.79 Å². The van der Waals surface area contributed by atoms with Crippen molar-refractivity contribution in [3.63, 3.8) is 0 Å². The number of H-pyrrole nitrogens is 1. The quantitative estimate of drug-likeness (QED) is 0.336. The van der Waals surface area contributed by atoms with Crippen molar-refractivity contribution in [3.05, 3.63) is 93.8 Å². The van der Waals surface area contributed by atoms with Crippen molar-refractivity contribution in [2.24, 2.45) is 5.92 Å². The summed E-state index contributed by atoms with van der Waals surface area (Å²) >= 11 is 0. The Labute approximate surface area is 185 Å². The molecule has 160 valence electrons. The van der Waals surface area contributed by atoms with Gasteiger partial charge in [-0.1, -0.05) is 86.8 Å². The average Bonchev–Trinajstić information content (AvgIpc) is 2.80. The van der Waals surface area contributed by atoms with Gasteiger partial charge in [0.25, 0.3) is 5.56 Å². The van der Waals surface area contributed by atoms with Crippen LogP contribution >= 0.6 is 0 Å². The minimum atomic E-state index is -0.332. The van der Waals surface area contributed by atoms with Crippen LogP contribution < -0.4 is 5.56 Å².